The molecule has 1 amide bonds. The largest absolute Gasteiger partial charge is 0.507 e. The van der Waals surface area contributed by atoms with E-state index in [1.807, 2.05) is 0 Å². The van der Waals surface area contributed by atoms with Crippen LogP contribution in [-0.4, -0.2) is 33.6 Å². The van der Waals surface area contributed by atoms with Crippen LogP contribution in [0.15, 0.2) is 82.7 Å². The third kappa shape index (κ3) is 6.01. The average Bonchev–Trinajstić information content (AvgIpc) is 3.55. The first-order valence-corrected chi connectivity index (χ1v) is 14.7. The topological polar surface area (TPSA) is 92.6 Å². The summed E-state index contributed by atoms with van der Waals surface area (Å²) in [4.78, 5) is 27.8. The van der Waals surface area contributed by atoms with Gasteiger partial charge in [-0.05, 0) is 48.4 Å². The molecule has 0 aliphatic carbocycles. The third-order valence-electron chi connectivity index (χ3n) is 6.45. The van der Waals surface area contributed by atoms with E-state index < -0.39 is 29.3 Å². The Bertz CT molecular complexity index is 1610. The highest BCUT2D eigenvalue weighted by molar-refractivity contribution is 8.00. The average molecular weight is 594 g/mol. The zero-order valence-electron chi connectivity index (χ0n) is 21.9. The smallest absolute Gasteiger partial charge is 0.301 e. The summed E-state index contributed by atoms with van der Waals surface area (Å²) in [6.07, 6.45) is 1.87. The number of thioether (sulfide) groups is 1. The number of hydrogen-bond donors (Lipinski definition) is 1. The van der Waals surface area contributed by atoms with Gasteiger partial charge in [-0.3, -0.25) is 14.5 Å². The molecule has 0 saturated carbocycles. The second-order valence-electron chi connectivity index (χ2n) is 9.15. The second kappa shape index (κ2) is 12.6. The molecule has 2 heterocycles. The molecule has 3 aromatic carbocycles. The van der Waals surface area contributed by atoms with E-state index in [0.29, 0.717) is 22.3 Å². The molecule has 7 nitrogen and oxygen atoms in total. The first kappa shape index (κ1) is 28.4. The summed E-state index contributed by atoms with van der Waals surface area (Å²) >= 11 is 2.23. The molecule has 1 fully saturated rings. The number of carbonyl (C=O) groups excluding carboxylic acids is 2. The number of anilines is 1. The molecule has 4 aromatic rings. The molecule has 1 unspecified atom stereocenters. The molecule has 210 valence electrons. The van der Waals surface area contributed by atoms with Gasteiger partial charge in [0.2, 0.25) is 5.13 Å². The van der Waals surface area contributed by atoms with Crippen molar-refractivity contribution in [1.82, 2.24) is 10.2 Å². The SMILES string of the molecule is CCCCOc1ccc(/C(O)=C2\C(=O)C(=O)N(c3nnc(SCc4ccccc4F)s3)C2c2ccccc2F)cc1. The number of aliphatic hydroxyl groups is 1. The van der Waals surface area contributed by atoms with Gasteiger partial charge in [0.1, 0.15) is 29.2 Å². The number of hydrogen-bond acceptors (Lipinski definition) is 8. The molecule has 1 atom stereocenters. The number of benzene rings is 3. The molecule has 0 spiro atoms. The number of Topliss-reactive ketones (excluding diaryl/α,β-unsaturated/α-hetero) is 1. The molecular weight excluding hydrogens is 568 g/mol. The van der Waals surface area contributed by atoms with Gasteiger partial charge in [0, 0.05) is 16.9 Å². The molecule has 41 heavy (non-hydrogen) atoms. The van der Waals surface area contributed by atoms with Crippen LogP contribution in [0.4, 0.5) is 13.9 Å². The highest BCUT2D eigenvalue weighted by atomic mass is 32.2. The van der Waals surface area contributed by atoms with Crippen molar-refractivity contribution in [1.29, 1.82) is 0 Å². The highest BCUT2D eigenvalue weighted by Crippen LogP contribution is 2.44. The molecule has 11 heteroatoms. The summed E-state index contributed by atoms with van der Waals surface area (Å²) in [5.74, 6) is -2.54. The Balaban J connectivity index is 1.50. The van der Waals surface area contributed by atoms with Gasteiger partial charge in [0.25, 0.3) is 5.78 Å². The normalized spacial score (nSPS) is 16.4. The molecule has 1 N–H and O–H groups in total. The molecule has 5 rings (SSSR count). The van der Waals surface area contributed by atoms with Gasteiger partial charge in [0.05, 0.1) is 12.2 Å². The van der Waals surface area contributed by atoms with E-state index in [1.165, 1.54) is 36.0 Å². The molecular formula is C30H25F2N3O4S2. The van der Waals surface area contributed by atoms with Crippen molar-refractivity contribution in [2.45, 2.75) is 35.9 Å². The van der Waals surface area contributed by atoms with Crippen molar-refractivity contribution in [3.63, 3.8) is 0 Å². The summed E-state index contributed by atoms with van der Waals surface area (Å²) in [5.41, 5.74) is 0.493. The van der Waals surface area contributed by atoms with E-state index in [0.717, 1.165) is 29.1 Å². The number of ether oxygens (including phenoxy) is 1. The predicted octanol–water partition coefficient (Wildman–Crippen LogP) is 6.91. The third-order valence-corrected chi connectivity index (χ3v) is 8.55. The number of carbonyl (C=O) groups is 2. The zero-order valence-corrected chi connectivity index (χ0v) is 23.6. The van der Waals surface area contributed by atoms with E-state index in [1.54, 1.807) is 48.5 Å². The molecule has 0 radical (unpaired) electrons. The number of halogens is 2. The van der Waals surface area contributed by atoms with E-state index in [9.17, 15) is 19.1 Å². The van der Waals surface area contributed by atoms with E-state index >= 15 is 4.39 Å². The fraction of sp³-hybridized carbons (Fsp3) is 0.200. The molecule has 1 aromatic heterocycles. The summed E-state index contributed by atoms with van der Waals surface area (Å²) in [6, 6.07) is 17.3. The molecule has 1 aliphatic rings. The maximum Gasteiger partial charge on any atom is 0.301 e. The summed E-state index contributed by atoms with van der Waals surface area (Å²) in [7, 11) is 0. The number of aliphatic hydroxyl groups excluding tert-OH is 1. The maximum absolute atomic E-state index is 15.1. The van der Waals surface area contributed by atoms with Gasteiger partial charge in [-0.25, -0.2) is 8.78 Å². The minimum atomic E-state index is -1.28. The lowest BCUT2D eigenvalue weighted by atomic mass is 9.95. The number of ketones is 1. The lowest BCUT2D eigenvalue weighted by molar-refractivity contribution is -0.132. The Hall–Kier alpha value is -4.09. The number of unbranched alkanes of at least 4 members (excludes halogenated alkanes) is 1. The van der Waals surface area contributed by atoms with Crippen LogP contribution in [-0.2, 0) is 15.3 Å². The standard InChI is InChI=1S/C30H25F2N3O4S2/c1-2-3-16-39-20-14-12-18(13-15-20)26(36)24-25(21-9-5-7-11-23(21)32)35(28(38)27(24)37)29-33-34-30(41-29)40-17-19-8-4-6-10-22(19)31/h4-15,25,36H,2-3,16-17H2,1H3/b26-24+. The van der Waals surface area contributed by atoms with Crippen LogP contribution in [0, 0.1) is 11.6 Å². The Morgan fingerprint density at radius 2 is 1.71 bits per heavy atom. The van der Waals surface area contributed by atoms with Crippen LogP contribution >= 0.6 is 23.1 Å². The molecule has 1 saturated heterocycles. The quantitative estimate of drug-likeness (QED) is 0.0533. The van der Waals surface area contributed by atoms with Gasteiger partial charge < -0.3 is 9.84 Å². The van der Waals surface area contributed by atoms with E-state index in [4.69, 9.17) is 4.74 Å². The van der Waals surface area contributed by atoms with Crippen LogP contribution in [0.1, 0.15) is 42.5 Å². The van der Waals surface area contributed by atoms with Crippen LogP contribution < -0.4 is 9.64 Å². The first-order chi connectivity index (χ1) is 19.9. The van der Waals surface area contributed by atoms with Crippen molar-refractivity contribution in [3.05, 3.63) is 107 Å². The predicted molar refractivity (Wildman–Crippen MR) is 154 cm³/mol. The van der Waals surface area contributed by atoms with Gasteiger partial charge >= 0.3 is 5.91 Å². The van der Waals surface area contributed by atoms with Crippen LogP contribution in [0.5, 0.6) is 5.75 Å². The maximum atomic E-state index is 15.1. The molecule has 0 bridgehead atoms. The van der Waals surface area contributed by atoms with Gasteiger partial charge in [-0.1, -0.05) is 72.8 Å². The number of rotatable bonds is 10. The van der Waals surface area contributed by atoms with Crippen molar-refractivity contribution < 1.29 is 28.2 Å². The lowest BCUT2D eigenvalue weighted by Gasteiger charge is -2.22. The highest BCUT2D eigenvalue weighted by Gasteiger charge is 2.49. The number of nitrogens with zero attached hydrogens (tertiary/aromatic N) is 3. The number of aromatic nitrogens is 2. The lowest BCUT2D eigenvalue weighted by Crippen LogP contribution is -2.29. The Labute approximate surface area is 243 Å². The summed E-state index contributed by atoms with van der Waals surface area (Å²) < 4.78 is 35.3. The second-order valence-corrected chi connectivity index (χ2v) is 11.3. The first-order valence-electron chi connectivity index (χ1n) is 12.9. The Morgan fingerprint density at radius 3 is 2.41 bits per heavy atom. The fourth-order valence-electron chi connectivity index (χ4n) is 4.33. The Morgan fingerprint density at radius 1 is 1.00 bits per heavy atom. The van der Waals surface area contributed by atoms with Crippen molar-refractivity contribution in [2.24, 2.45) is 0 Å². The van der Waals surface area contributed by atoms with E-state index in [2.05, 4.69) is 17.1 Å². The minimum Gasteiger partial charge on any atom is -0.507 e. The monoisotopic (exact) mass is 593 g/mol. The van der Waals surface area contributed by atoms with Gasteiger partial charge in [-0.2, -0.15) is 0 Å². The van der Waals surface area contributed by atoms with Crippen molar-refractivity contribution in [3.8, 4) is 5.75 Å². The van der Waals surface area contributed by atoms with E-state index in [-0.39, 0.29) is 33.4 Å². The Kier molecular flexibility index (Phi) is 8.75. The minimum absolute atomic E-state index is 0.0172. The summed E-state index contributed by atoms with van der Waals surface area (Å²) in [6.45, 7) is 2.60. The zero-order chi connectivity index (χ0) is 28.9. The molecule has 1 aliphatic heterocycles. The van der Waals surface area contributed by atoms with Gasteiger partial charge in [0.15, 0.2) is 4.34 Å². The summed E-state index contributed by atoms with van der Waals surface area (Å²) in [5, 5.41) is 19.5. The van der Waals surface area contributed by atoms with Crippen molar-refractivity contribution in [2.75, 3.05) is 11.5 Å². The van der Waals surface area contributed by atoms with Crippen LogP contribution in [0.2, 0.25) is 0 Å². The fourth-order valence-corrected chi connectivity index (χ4v) is 6.19. The number of amides is 1. The van der Waals surface area contributed by atoms with Crippen LogP contribution in [0.25, 0.3) is 5.76 Å². The van der Waals surface area contributed by atoms with Crippen molar-refractivity contribution >= 4 is 45.7 Å². The van der Waals surface area contributed by atoms with Gasteiger partial charge in [-0.15, -0.1) is 10.2 Å². The van der Waals surface area contributed by atoms with Crippen LogP contribution in [0.3, 0.4) is 0 Å².